The molecule has 0 saturated carbocycles. The van der Waals surface area contributed by atoms with Gasteiger partial charge in [0.25, 0.3) is 0 Å². The molecule has 0 saturated heterocycles. The van der Waals surface area contributed by atoms with Gasteiger partial charge >= 0.3 is 0 Å². The predicted molar refractivity (Wildman–Crippen MR) is 86.2 cm³/mol. The lowest BCUT2D eigenvalue weighted by Crippen LogP contribution is -2.19. The first-order valence-corrected chi connectivity index (χ1v) is 7.48. The Balaban J connectivity index is 2.09. The summed E-state index contributed by atoms with van der Waals surface area (Å²) in [6.45, 7) is 2.05. The van der Waals surface area contributed by atoms with Crippen LogP contribution in [0.5, 0.6) is 0 Å². The first-order chi connectivity index (χ1) is 9.63. The Morgan fingerprint density at radius 3 is 3.10 bits per heavy atom. The van der Waals surface area contributed by atoms with Gasteiger partial charge in [-0.15, -0.1) is 0 Å². The van der Waals surface area contributed by atoms with Gasteiger partial charge in [0.05, 0.1) is 16.7 Å². The van der Waals surface area contributed by atoms with Crippen LogP contribution in [0.15, 0.2) is 35.3 Å². The molecule has 2 heterocycles. The molecule has 1 aliphatic rings. The highest BCUT2D eigenvalue weighted by Crippen LogP contribution is 2.17. The van der Waals surface area contributed by atoms with Crippen LogP contribution in [0.4, 0.5) is 0 Å². The highest BCUT2D eigenvalue weighted by Gasteiger charge is 2.17. The van der Waals surface area contributed by atoms with Crippen LogP contribution in [-0.2, 0) is 0 Å². The number of aryl methyl sites for hydroxylation is 1. The maximum Gasteiger partial charge on any atom is 0.158 e. The Bertz CT molecular complexity index is 727. The van der Waals surface area contributed by atoms with Gasteiger partial charge in [-0.2, -0.15) is 0 Å². The third-order valence-corrected chi connectivity index (χ3v) is 3.77. The third kappa shape index (κ3) is 2.58. The van der Waals surface area contributed by atoms with Crippen molar-refractivity contribution in [3.63, 3.8) is 0 Å². The molecule has 1 aromatic heterocycles. The molecule has 0 amide bonds. The molecule has 0 spiro atoms. The van der Waals surface area contributed by atoms with Gasteiger partial charge in [-0.05, 0) is 37.5 Å². The van der Waals surface area contributed by atoms with Gasteiger partial charge in [0.15, 0.2) is 5.82 Å². The lowest BCUT2D eigenvalue weighted by molar-refractivity contribution is 1.04. The Hall–Kier alpha value is -1.75. The number of aromatic nitrogens is 2. The fourth-order valence-electron chi connectivity index (χ4n) is 2.24. The number of alkyl halides is 1. The number of fused-ring (bicyclic) bond motifs is 1. The van der Waals surface area contributed by atoms with Crippen LogP contribution in [0, 0.1) is 12.3 Å². The lowest BCUT2D eigenvalue weighted by Gasteiger charge is -2.09. The molecule has 0 fully saturated rings. The van der Waals surface area contributed by atoms with E-state index in [-0.39, 0.29) is 4.95 Å². The van der Waals surface area contributed by atoms with Gasteiger partial charge < -0.3 is 10.4 Å². The number of imidazole rings is 1. The number of halogens is 1. The normalized spacial score (nSPS) is 21.4. The molecule has 1 unspecified atom stereocenters. The van der Waals surface area contributed by atoms with Gasteiger partial charge in [-0.1, -0.05) is 34.1 Å². The fraction of sp³-hybridized carbons (Fsp3) is 0.267. The van der Waals surface area contributed by atoms with E-state index in [0.29, 0.717) is 23.7 Å². The van der Waals surface area contributed by atoms with Crippen LogP contribution in [-0.4, -0.2) is 26.3 Å². The van der Waals surface area contributed by atoms with E-state index in [9.17, 15) is 0 Å². The van der Waals surface area contributed by atoms with E-state index in [1.807, 2.05) is 18.2 Å². The monoisotopic (exact) mass is 330 g/mol. The SMILES string of the molecule is Cc1ccc2nc(C3=NC(Br)/C=C\CCC3=N)[nH]c2c1. The maximum atomic E-state index is 8.18. The molecule has 2 aromatic rings. The standard InChI is InChI=1S/C15H15BrN4/c1-9-6-7-11-12(8-9)19-15(18-11)14-10(17)4-2-3-5-13(16)20-14/h3,5-8,13,17H,2,4H2,1H3,(H,18,19)/b5-3-,17-10?,20-14?. The molecule has 0 radical (unpaired) electrons. The number of aliphatic imine (C=N–C) groups is 1. The molecule has 20 heavy (non-hydrogen) atoms. The van der Waals surface area contributed by atoms with Crippen molar-refractivity contribution < 1.29 is 0 Å². The summed E-state index contributed by atoms with van der Waals surface area (Å²) in [4.78, 5) is 12.3. The maximum absolute atomic E-state index is 8.18. The van der Waals surface area contributed by atoms with Gasteiger partial charge in [0, 0.05) is 0 Å². The van der Waals surface area contributed by atoms with Gasteiger partial charge in [-0.3, -0.25) is 4.99 Å². The van der Waals surface area contributed by atoms with E-state index in [0.717, 1.165) is 17.5 Å². The summed E-state index contributed by atoms with van der Waals surface area (Å²) < 4.78 is 0. The van der Waals surface area contributed by atoms with Crippen molar-refractivity contribution in [2.24, 2.45) is 4.99 Å². The first-order valence-electron chi connectivity index (χ1n) is 6.56. The number of nitrogens with zero attached hydrogens (tertiary/aromatic N) is 2. The van der Waals surface area contributed by atoms with E-state index < -0.39 is 0 Å². The lowest BCUT2D eigenvalue weighted by atomic mass is 10.1. The summed E-state index contributed by atoms with van der Waals surface area (Å²) in [6.07, 6.45) is 5.60. The molecule has 2 N–H and O–H groups in total. The van der Waals surface area contributed by atoms with Crippen LogP contribution in [0.3, 0.4) is 0 Å². The summed E-state index contributed by atoms with van der Waals surface area (Å²) in [5, 5.41) is 8.18. The zero-order chi connectivity index (χ0) is 14.1. The van der Waals surface area contributed by atoms with E-state index >= 15 is 0 Å². The molecule has 3 rings (SSSR count). The number of hydrogen-bond donors (Lipinski definition) is 2. The molecule has 0 bridgehead atoms. The van der Waals surface area contributed by atoms with Crippen molar-refractivity contribution >= 4 is 38.4 Å². The molecule has 1 aromatic carbocycles. The smallest absolute Gasteiger partial charge is 0.158 e. The number of hydrogen-bond acceptors (Lipinski definition) is 3. The van der Waals surface area contributed by atoms with Gasteiger partial charge in [-0.25, -0.2) is 4.98 Å². The van der Waals surface area contributed by atoms with Gasteiger partial charge in [0.1, 0.15) is 10.7 Å². The minimum Gasteiger partial charge on any atom is -0.337 e. The summed E-state index contributed by atoms with van der Waals surface area (Å²) in [5.41, 5.74) is 4.24. The van der Waals surface area contributed by atoms with Crippen LogP contribution < -0.4 is 0 Å². The number of aromatic amines is 1. The molecule has 102 valence electrons. The molecule has 5 heteroatoms. The molecule has 1 aliphatic heterocycles. The van der Waals surface area contributed by atoms with Crippen LogP contribution >= 0.6 is 15.9 Å². The van der Waals surface area contributed by atoms with Gasteiger partial charge in [0.2, 0.25) is 0 Å². The molecule has 1 atom stereocenters. The topological polar surface area (TPSA) is 64.9 Å². The largest absolute Gasteiger partial charge is 0.337 e. The van der Waals surface area contributed by atoms with Crippen LogP contribution in [0.1, 0.15) is 24.2 Å². The number of nitrogens with one attached hydrogen (secondary N) is 2. The van der Waals surface area contributed by atoms with Crippen LogP contribution in [0.2, 0.25) is 0 Å². The van der Waals surface area contributed by atoms with E-state index in [4.69, 9.17) is 5.41 Å². The third-order valence-electron chi connectivity index (χ3n) is 3.26. The summed E-state index contributed by atoms with van der Waals surface area (Å²) in [7, 11) is 0. The fourth-order valence-corrected chi connectivity index (χ4v) is 2.66. The minimum atomic E-state index is -0.104. The van der Waals surface area contributed by atoms with E-state index in [2.05, 4.69) is 50.0 Å². The average Bonchev–Trinajstić information content (AvgIpc) is 2.81. The molecular formula is C15H15BrN4. The second-order valence-electron chi connectivity index (χ2n) is 4.90. The zero-order valence-corrected chi connectivity index (χ0v) is 12.7. The summed E-state index contributed by atoms with van der Waals surface area (Å²) >= 11 is 3.48. The molecular weight excluding hydrogens is 316 g/mol. The second kappa shape index (κ2) is 5.32. The van der Waals surface area contributed by atoms with Crippen molar-refractivity contribution in [3.8, 4) is 0 Å². The average molecular weight is 331 g/mol. The first kappa shape index (κ1) is 13.2. The summed E-state index contributed by atoms with van der Waals surface area (Å²) in [6, 6.07) is 6.09. The predicted octanol–water partition coefficient (Wildman–Crippen LogP) is 3.75. The molecule has 0 aliphatic carbocycles. The van der Waals surface area contributed by atoms with E-state index in [1.165, 1.54) is 5.56 Å². The van der Waals surface area contributed by atoms with Crippen molar-refractivity contribution in [1.29, 1.82) is 5.41 Å². The van der Waals surface area contributed by atoms with Crippen molar-refractivity contribution in [1.82, 2.24) is 9.97 Å². The highest BCUT2D eigenvalue weighted by molar-refractivity contribution is 9.09. The minimum absolute atomic E-state index is 0.104. The molecule has 4 nitrogen and oxygen atoms in total. The van der Waals surface area contributed by atoms with Crippen molar-refractivity contribution in [3.05, 3.63) is 41.7 Å². The Morgan fingerprint density at radius 1 is 1.40 bits per heavy atom. The van der Waals surface area contributed by atoms with Crippen molar-refractivity contribution in [2.75, 3.05) is 0 Å². The number of benzene rings is 1. The Morgan fingerprint density at radius 2 is 2.25 bits per heavy atom. The quantitative estimate of drug-likeness (QED) is 0.466. The highest BCUT2D eigenvalue weighted by atomic mass is 79.9. The Kier molecular flexibility index (Phi) is 3.53. The Labute approximate surface area is 125 Å². The number of allylic oxidation sites excluding steroid dienone is 1. The second-order valence-corrected chi connectivity index (χ2v) is 5.84. The number of rotatable bonds is 1. The van der Waals surface area contributed by atoms with E-state index in [1.54, 1.807) is 0 Å². The summed E-state index contributed by atoms with van der Waals surface area (Å²) in [5.74, 6) is 0.676. The van der Waals surface area contributed by atoms with Crippen molar-refractivity contribution in [2.45, 2.75) is 24.7 Å². The van der Waals surface area contributed by atoms with Crippen LogP contribution in [0.25, 0.3) is 11.0 Å². The zero-order valence-electron chi connectivity index (χ0n) is 11.2. The number of H-pyrrole nitrogens is 1.